The van der Waals surface area contributed by atoms with Crippen LogP contribution >= 0.6 is 7.82 Å². The van der Waals surface area contributed by atoms with Crippen LogP contribution in [0.5, 0.6) is 0 Å². The first kappa shape index (κ1) is 57.0. The molecule has 0 spiro atoms. The van der Waals surface area contributed by atoms with Gasteiger partial charge < -0.3 is 46.0 Å². The van der Waals surface area contributed by atoms with Crippen LogP contribution in [0.25, 0.3) is 0 Å². The minimum atomic E-state index is -5.15. The monoisotopic (exact) mass is 886 g/mol. The van der Waals surface area contributed by atoms with Crippen molar-refractivity contribution in [3.05, 3.63) is 60.8 Å². The maximum Gasteiger partial charge on any atom is 0.472 e. The van der Waals surface area contributed by atoms with Gasteiger partial charge in [0.05, 0.1) is 31.3 Å². The Kier molecular flexibility index (Phi) is 34.0. The first-order valence-electron chi connectivity index (χ1n) is 23.3. The largest absolute Gasteiger partial charge is 0.472 e. The van der Waals surface area contributed by atoms with Gasteiger partial charge in [-0.25, -0.2) is 4.57 Å². The molecule has 1 aliphatic rings. The van der Waals surface area contributed by atoms with E-state index in [0.29, 0.717) is 19.3 Å². The molecule has 14 heteroatoms. The number of amides is 1. The van der Waals surface area contributed by atoms with Gasteiger partial charge in [0.25, 0.3) is 0 Å². The molecule has 8 atom stereocenters. The lowest BCUT2D eigenvalue weighted by Gasteiger charge is -2.41. The van der Waals surface area contributed by atoms with E-state index in [-0.39, 0.29) is 6.42 Å². The second-order valence-corrected chi connectivity index (χ2v) is 17.8. The number of unbranched alkanes of at least 4 members (excludes halogenated alkanes) is 16. The first-order chi connectivity index (χ1) is 29.3. The van der Waals surface area contributed by atoms with Gasteiger partial charge in [0.2, 0.25) is 5.91 Å². The van der Waals surface area contributed by atoms with Gasteiger partial charge in [0.15, 0.2) is 0 Å². The summed E-state index contributed by atoms with van der Waals surface area (Å²) in [6, 6.07) is -1.27. The number of aliphatic hydroxyl groups is 7. The van der Waals surface area contributed by atoms with Gasteiger partial charge in [-0.15, -0.1) is 0 Å². The Morgan fingerprint density at radius 1 is 0.607 bits per heavy atom. The molecule has 1 amide bonds. The van der Waals surface area contributed by atoms with E-state index < -0.39 is 75.2 Å². The number of hydrogen-bond acceptors (Lipinski definition) is 11. The number of carbonyl (C=O) groups is 1. The maximum atomic E-state index is 13.0. The van der Waals surface area contributed by atoms with Crippen LogP contribution in [-0.2, 0) is 18.4 Å². The summed E-state index contributed by atoms with van der Waals surface area (Å²) in [5.74, 6) is -0.620. The molecular formula is C47H84NO12P. The lowest BCUT2D eigenvalue weighted by Crippen LogP contribution is -2.64. The number of phosphoric ester groups is 1. The Bertz CT molecular complexity index is 1280. The Morgan fingerprint density at radius 2 is 1.07 bits per heavy atom. The molecule has 1 saturated carbocycles. The summed E-state index contributed by atoms with van der Waals surface area (Å²) < 4.78 is 22.8. The van der Waals surface area contributed by atoms with Crippen LogP contribution < -0.4 is 5.32 Å². The molecule has 1 aliphatic carbocycles. The average molecular weight is 886 g/mol. The van der Waals surface area contributed by atoms with Crippen LogP contribution in [0.1, 0.15) is 168 Å². The molecule has 0 aromatic heterocycles. The SMILES string of the molecule is CC/C=C/CC/C=C/CC/C=C/C(O)C(COP(=O)(O)OC1C(O)C(O)C(O)C(O)C1O)NC(=O)CC(O)CCCCCCC/C=C\C/C=C\CCCCCCCCCCC. The molecule has 354 valence electrons. The molecule has 8 unspecified atom stereocenters. The van der Waals surface area contributed by atoms with Crippen LogP contribution in [0.3, 0.4) is 0 Å². The van der Waals surface area contributed by atoms with E-state index in [9.17, 15) is 50.0 Å². The third-order valence-corrected chi connectivity index (χ3v) is 11.8. The third-order valence-electron chi connectivity index (χ3n) is 10.8. The molecule has 61 heavy (non-hydrogen) atoms. The molecule has 9 N–H and O–H groups in total. The van der Waals surface area contributed by atoms with Crippen molar-refractivity contribution in [2.45, 2.75) is 223 Å². The quantitative estimate of drug-likeness (QED) is 0.0166. The van der Waals surface area contributed by atoms with Gasteiger partial charge in [-0.3, -0.25) is 13.8 Å². The van der Waals surface area contributed by atoms with E-state index >= 15 is 0 Å². The normalized spacial score (nSPS) is 23.8. The molecule has 0 aliphatic heterocycles. The average Bonchev–Trinajstić information content (AvgIpc) is 3.23. The van der Waals surface area contributed by atoms with Crippen LogP contribution in [0, 0.1) is 0 Å². The summed E-state index contributed by atoms with van der Waals surface area (Å²) in [5.41, 5.74) is 0. The highest BCUT2D eigenvalue weighted by Gasteiger charge is 2.51. The van der Waals surface area contributed by atoms with Crippen molar-refractivity contribution in [2.24, 2.45) is 0 Å². The predicted octanol–water partition coefficient (Wildman–Crippen LogP) is 7.70. The van der Waals surface area contributed by atoms with E-state index in [1.54, 1.807) is 6.08 Å². The molecule has 1 rings (SSSR count). The number of allylic oxidation sites excluding steroid dienone is 9. The van der Waals surface area contributed by atoms with Crippen molar-refractivity contribution in [1.82, 2.24) is 5.32 Å². The topological polar surface area (TPSA) is 226 Å². The Labute approximate surface area is 367 Å². The van der Waals surface area contributed by atoms with Crippen molar-refractivity contribution in [1.29, 1.82) is 0 Å². The lowest BCUT2D eigenvalue weighted by molar-refractivity contribution is -0.220. The van der Waals surface area contributed by atoms with E-state index in [1.807, 2.05) is 6.08 Å². The van der Waals surface area contributed by atoms with E-state index in [0.717, 1.165) is 70.6 Å². The van der Waals surface area contributed by atoms with Gasteiger partial charge in [0.1, 0.15) is 36.6 Å². The fraction of sp³-hybridized carbons (Fsp3) is 0.766. The number of hydrogen-bond donors (Lipinski definition) is 9. The Morgan fingerprint density at radius 3 is 1.61 bits per heavy atom. The zero-order chi connectivity index (χ0) is 45.1. The van der Waals surface area contributed by atoms with Crippen LogP contribution in [0.15, 0.2) is 60.8 Å². The maximum absolute atomic E-state index is 13.0. The summed E-state index contributed by atoms with van der Waals surface area (Å²) in [6.07, 6.45) is 30.6. The van der Waals surface area contributed by atoms with Gasteiger partial charge in [-0.1, -0.05) is 152 Å². The smallest absolute Gasteiger partial charge is 0.393 e. The van der Waals surface area contributed by atoms with Gasteiger partial charge in [0, 0.05) is 0 Å². The zero-order valence-electron chi connectivity index (χ0n) is 37.3. The molecule has 0 radical (unpaired) electrons. The molecule has 0 aromatic rings. The van der Waals surface area contributed by atoms with Crippen molar-refractivity contribution in [3.63, 3.8) is 0 Å². The second-order valence-electron chi connectivity index (χ2n) is 16.4. The third kappa shape index (κ3) is 28.4. The van der Waals surface area contributed by atoms with Gasteiger partial charge in [-0.2, -0.15) is 0 Å². The highest BCUT2D eigenvalue weighted by atomic mass is 31.2. The molecule has 0 heterocycles. The molecule has 0 bridgehead atoms. The number of nitrogens with one attached hydrogen (secondary N) is 1. The first-order valence-corrected chi connectivity index (χ1v) is 24.8. The molecule has 1 fully saturated rings. The molecular weight excluding hydrogens is 801 g/mol. The number of rotatable bonds is 37. The predicted molar refractivity (Wildman–Crippen MR) is 242 cm³/mol. The lowest BCUT2D eigenvalue weighted by atomic mass is 9.85. The minimum absolute atomic E-state index is 0.268. The fourth-order valence-electron chi connectivity index (χ4n) is 7.01. The molecule has 13 nitrogen and oxygen atoms in total. The van der Waals surface area contributed by atoms with E-state index in [1.165, 1.54) is 63.9 Å². The highest BCUT2D eigenvalue weighted by molar-refractivity contribution is 7.47. The van der Waals surface area contributed by atoms with E-state index in [2.05, 4.69) is 61.7 Å². The van der Waals surface area contributed by atoms with Crippen LogP contribution in [-0.4, -0.2) is 108 Å². The summed E-state index contributed by atoms with van der Waals surface area (Å²) >= 11 is 0. The number of phosphoric acid groups is 1. The van der Waals surface area contributed by atoms with Crippen LogP contribution in [0.2, 0.25) is 0 Å². The number of aliphatic hydroxyl groups excluding tert-OH is 7. The second kappa shape index (κ2) is 36.4. The van der Waals surface area contributed by atoms with E-state index in [4.69, 9.17) is 9.05 Å². The van der Waals surface area contributed by atoms with Gasteiger partial charge >= 0.3 is 7.82 Å². The molecule has 0 aromatic carbocycles. The highest BCUT2D eigenvalue weighted by Crippen LogP contribution is 2.47. The molecule has 0 saturated heterocycles. The standard InChI is InChI=1S/C47H84NO12P/c1-3-5-7-9-11-13-15-16-17-18-19-20-21-22-23-24-25-26-28-30-32-34-38(49)36-41(51)48-39(40(50)35-33-31-29-27-14-12-10-8-6-4-2)37-59-61(57,58)60-47-45(55)43(53)42(52)44(54)46(47)56/h6,8,14,19-20,22-23,27,33,35,38-40,42-47,49-50,52-56H,3-5,7,9-13,15-18,21,24-26,28-32,34,36-37H2,1-2H3,(H,48,51)(H,57,58)/b8-6+,20-19-,23-22-,27-14+,35-33+. The Hall–Kier alpha value is -2.00. The van der Waals surface area contributed by atoms with Crippen LogP contribution in [0.4, 0.5) is 0 Å². The summed E-state index contributed by atoms with van der Waals surface area (Å²) in [5, 5.41) is 74.2. The summed E-state index contributed by atoms with van der Waals surface area (Å²) in [7, 11) is -5.15. The van der Waals surface area contributed by atoms with Crippen molar-refractivity contribution in [3.8, 4) is 0 Å². The van der Waals surface area contributed by atoms with Crippen molar-refractivity contribution in [2.75, 3.05) is 6.61 Å². The fourth-order valence-corrected chi connectivity index (χ4v) is 7.98. The number of carbonyl (C=O) groups excluding carboxylic acids is 1. The Balaban J connectivity index is 2.48. The summed E-state index contributed by atoms with van der Waals surface area (Å²) in [6.45, 7) is 3.58. The zero-order valence-corrected chi connectivity index (χ0v) is 38.2. The summed E-state index contributed by atoms with van der Waals surface area (Å²) in [4.78, 5) is 23.4. The van der Waals surface area contributed by atoms with Crippen molar-refractivity contribution >= 4 is 13.7 Å². The van der Waals surface area contributed by atoms with Crippen molar-refractivity contribution < 1.29 is 59.0 Å². The van der Waals surface area contributed by atoms with Gasteiger partial charge in [-0.05, 0) is 70.6 Å². The minimum Gasteiger partial charge on any atom is -0.393 e.